The third-order valence-electron chi connectivity index (χ3n) is 3.61. The standard InChI is InChI=1S/C15H14N2O4S/c18-15(16-19)10-13-12-8-4-5-9-14(12)22(20,21)17(13)11-6-2-1-3-7-11/h1-9,13,19H,10H2,(H,16,18)/t13-/m0/s1. The van der Waals surface area contributed by atoms with Crippen molar-refractivity contribution in [2.75, 3.05) is 4.31 Å². The molecule has 1 aliphatic heterocycles. The van der Waals surface area contributed by atoms with Gasteiger partial charge >= 0.3 is 0 Å². The van der Waals surface area contributed by atoms with E-state index in [4.69, 9.17) is 5.21 Å². The molecular formula is C15H14N2O4S. The number of hydrogen-bond acceptors (Lipinski definition) is 4. The Kier molecular flexibility index (Phi) is 3.59. The third kappa shape index (κ3) is 2.24. The van der Waals surface area contributed by atoms with Crippen LogP contribution in [0.2, 0.25) is 0 Å². The first-order valence-corrected chi connectivity index (χ1v) is 8.11. The van der Waals surface area contributed by atoms with Crippen molar-refractivity contribution in [1.29, 1.82) is 0 Å². The Labute approximate surface area is 128 Å². The second kappa shape index (κ2) is 5.43. The lowest BCUT2D eigenvalue weighted by Gasteiger charge is -2.25. The minimum absolute atomic E-state index is 0.165. The van der Waals surface area contributed by atoms with Crippen molar-refractivity contribution < 1.29 is 18.4 Å². The van der Waals surface area contributed by atoms with Crippen molar-refractivity contribution in [3.63, 3.8) is 0 Å². The summed E-state index contributed by atoms with van der Waals surface area (Å²) in [6.45, 7) is 0. The molecule has 2 aromatic rings. The number of nitrogens with one attached hydrogen (secondary N) is 1. The average Bonchev–Trinajstić information content (AvgIpc) is 2.76. The normalized spacial score (nSPS) is 18.8. The molecule has 0 spiro atoms. The van der Waals surface area contributed by atoms with Crippen LogP contribution in [-0.4, -0.2) is 19.5 Å². The van der Waals surface area contributed by atoms with Crippen molar-refractivity contribution in [2.45, 2.75) is 17.4 Å². The Hall–Kier alpha value is -2.38. The fourth-order valence-electron chi connectivity index (χ4n) is 2.70. The Bertz CT molecular complexity index is 805. The maximum absolute atomic E-state index is 12.8. The van der Waals surface area contributed by atoms with Gasteiger partial charge in [0.25, 0.3) is 10.0 Å². The summed E-state index contributed by atoms with van der Waals surface area (Å²) in [7, 11) is -3.73. The van der Waals surface area contributed by atoms with E-state index in [-0.39, 0.29) is 11.3 Å². The summed E-state index contributed by atoms with van der Waals surface area (Å²) in [4.78, 5) is 11.8. The van der Waals surface area contributed by atoms with Gasteiger partial charge in [-0.2, -0.15) is 0 Å². The van der Waals surface area contributed by atoms with Crippen LogP contribution in [0.1, 0.15) is 18.0 Å². The van der Waals surface area contributed by atoms with E-state index >= 15 is 0 Å². The highest BCUT2D eigenvalue weighted by Gasteiger charge is 2.43. The van der Waals surface area contributed by atoms with E-state index < -0.39 is 22.0 Å². The predicted octanol–water partition coefficient (Wildman–Crippen LogP) is 1.83. The van der Waals surface area contributed by atoms with E-state index in [0.29, 0.717) is 11.3 Å². The van der Waals surface area contributed by atoms with Crippen molar-refractivity contribution in [1.82, 2.24) is 5.48 Å². The van der Waals surface area contributed by atoms with Gasteiger partial charge in [-0.1, -0.05) is 36.4 Å². The molecule has 0 aromatic heterocycles. The first kappa shape index (κ1) is 14.6. The highest BCUT2D eigenvalue weighted by Crippen LogP contribution is 2.44. The molecule has 2 N–H and O–H groups in total. The maximum Gasteiger partial charge on any atom is 0.265 e. The summed E-state index contributed by atoms with van der Waals surface area (Å²) in [6.07, 6.45) is -0.165. The van der Waals surface area contributed by atoms with Crippen LogP contribution < -0.4 is 9.79 Å². The molecule has 1 aliphatic rings. The number of hydrogen-bond donors (Lipinski definition) is 2. The van der Waals surface area contributed by atoms with Crippen molar-refractivity contribution in [2.24, 2.45) is 0 Å². The number of nitrogens with zero attached hydrogens (tertiary/aromatic N) is 1. The number of carbonyl (C=O) groups is 1. The van der Waals surface area contributed by atoms with Gasteiger partial charge in [0, 0.05) is 0 Å². The van der Waals surface area contributed by atoms with Crippen molar-refractivity contribution in [3.05, 3.63) is 60.2 Å². The highest BCUT2D eigenvalue weighted by atomic mass is 32.2. The van der Waals surface area contributed by atoms with Gasteiger partial charge in [0.2, 0.25) is 5.91 Å². The molecule has 0 bridgehead atoms. The molecule has 0 aliphatic carbocycles. The predicted molar refractivity (Wildman–Crippen MR) is 79.8 cm³/mol. The number of rotatable bonds is 3. The van der Waals surface area contributed by atoms with Crippen LogP contribution in [-0.2, 0) is 14.8 Å². The average molecular weight is 318 g/mol. The Morgan fingerprint density at radius 3 is 2.41 bits per heavy atom. The largest absolute Gasteiger partial charge is 0.289 e. The van der Waals surface area contributed by atoms with Crippen LogP contribution in [0, 0.1) is 0 Å². The minimum atomic E-state index is -3.73. The molecular weight excluding hydrogens is 304 g/mol. The van der Waals surface area contributed by atoms with Crippen molar-refractivity contribution >= 4 is 21.6 Å². The van der Waals surface area contributed by atoms with Gasteiger partial charge in [-0.05, 0) is 23.8 Å². The van der Waals surface area contributed by atoms with Crippen LogP contribution in [0.3, 0.4) is 0 Å². The maximum atomic E-state index is 12.8. The van der Waals surface area contributed by atoms with Crippen LogP contribution in [0.5, 0.6) is 0 Å². The van der Waals surface area contributed by atoms with Gasteiger partial charge in [-0.3, -0.25) is 14.3 Å². The molecule has 0 radical (unpaired) electrons. The Morgan fingerprint density at radius 1 is 1.09 bits per heavy atom. The zero-order valence-corrected chi connectivity index (χ0v) is 12.3. The van der Waals surface area contributed by atoms with E-state index in [9.17, 15) is 13.2 Å². The summed E-state index contributed by atoms with van der Waals surface area (Å²) in [5, 5.41) is 8.76. The van der Waals surface area contributed by atoms with Gasteiger partial charge < -0.3 is 0 Å². The molecule has 7 heteroatoms. The number of para-hydroxylation sites is 1. The van der Waals surface area contributed by atoms with Crippen LogP contribution in [0.15, 0.2) is 59.5 Å². The van der Waals surface area contributed by atoms with E-state index in [1.807, 2.05) is 0 Å². The Balaban J connectivity index is 2.16. The lowest BCUT2D eigenvalue weighted by molar-refractivity contribution is -0.129. The number of benzene rings is 2. The summed E-state index contributed by atoms with van der Waals surface area (Å²) < 4.78 is 26.8. The number of anilines is 1. The molecule has 22 heavy (non-hydrogen) atoms. The second-order valence-electron chi connectivity index (χ2n) is 4.93. The lowest BCUT2D eigenvalue weighted by Crippen LogP contribution is -2.32. The van der Waals surface area contributed by atoms with Gasteiger partial charge in [0.1, 0.15) is 0 Å². The fraction of sp³-hybridized carbons (Fsp3) is 0.133. The zero-order chi connectivity index (χ0) is 15.7. The van der Waals surface area contributed by atoms with E-state index in [1.54, 1.807) is 54.0 Å². The molecule has 0 unspecified atom stereocenters. The number of amides is 1. The smallest absolute Gasteiger partial charge is 0.265 e. The number of carbonyl (C=O) groups excluding carboxylic acids is 1. The first-order chi connectivity index (χ1) is 10.6. The van der Waals surface area contributed by atoms with Crippen LogP contribution in [0.4, 0.5) is 5.69 Å². The van der Waals surface area contributed by atoms with E-state index in [2.05, 4.69) is 0 Å². The zero-order valence-electron chi connectivity index (χ0n) is 11.5. The molecule has 1 heterocycles. The highest BCUT2D eigenvalue weighted by molar-refractivity contribution is 7.93. The molecule has 0 saturated carbocycles. The minimum Gasteiger partial charge on any atom is -0.289 e. The molecule has 6 nitrogen and oxygen atoms in total. The molecule has 1 atom stereocenters. The van der Waals surface area contributed by atoms with Crippen LogP contribution >= 0.6 is 0 Å². The summed E-state index contributed by atoms with van der Waals surface area (Å²) in [5.74, 6) is -0.641. The molecule has 3 rings (SSSR count). The van der Waals surface area contributed by atoms with Gasteiger partial charge in [0.15, 0.2) is 0 Å². The monoisotopic (exact) mass is 318 g/mol. The quantitative estimate of drug-likeness (QED) is 0.668. The number of fused-ring (bicyclic) bond motifs is 1. The molecule has 0 fully saturated rings. The van der Waals surface area contributed by atoms with E-state index in [0.717, 1.165) is 0 Å². The number of hydroxylamine groups is 1. The van der Waals surface area contributed by atoms with Crippen molar-refractivity contribution in [3.8, 4) is 0 Å². The molecule has 0 saturated heterocycles. The third-order valence-corrected chi connectivity index (χ3v) is 5.52. The van der Waals surface area contributed by atoms with Gasteiger partial charge in [-0.25, -0.2) is 13.9 Å². The molecule has 114 valence electrons. The summed E-state index contributed by atoms with van der Waals surface area (Å²) >= 11 is 0. The first-order valence-electron chi connectivity index (χ1n) is 6.67. The molecule has 2 aromatic carbocycles. The summed E-state index contributed by atoms with van der Waals surface area (Å²) in [6, 6.07) is 14.5. The SMILES string of the molecule is O=C(C[C@H]1c2ccccc2S(=O)(=O)N1c1ccccc1)NO. The lowest BCUT2D eigenvalue weighted by atomic mass is 10.0. The van der Waals surface area contributed by atoms with Gasteiger partial charge in [0.05, 0.1) is 23.0 Å². The second-order valence-corrected chi connectivity index (χ2v) is 6.71. The fourth-order valence-corrected chi connectivity index (χ4v) is 4.59. The number of sulfonamides is 1. The molecule has 1 amide bonds. The van der Waals surface area contributed by atoms with Crippen LogP contribution in [0.25, 0.3) is 0 Å². The summed E-state index contributed by atoms with van der Waals surface area (Å²) in [5.41, 5.74) is 2.59. The van der Waals surface area contributed by atoms with E-state index in [1.165, 1.54) is 10.4 Å². The Morgan fingerprint density at radius 2 is 1.73 bits per heavy atom. The van der Waals surface area contributed by atoms with Gasteiger partial charge in [-0.15, -0.1) is 0 Å². The topological polar surface area (TPSA) is 86.7 Å².